The van der Waals surface area contributed by atoms with Gasteiger partial charge in [-0.05, 0) is 25.3 Å². The number of likely N-dealkylation sites (tertiary alicyclic amines) is 1. The monoisotopic (exact) mass is 364 g/mol. The topological polar surface area (TPSA) is 92.8 Å². The van der Waals surface area contributed by atoms with E-state index in [2.05, 4.69) is 26.7 Å². The van der Waals surface area contributed by atoms with Crippen molar-refractivity contribution in [1.29, 1.82) is 0 Å². The second-order valence-electron chi connectivity index (χ2n) is 6.89. The molecule has 1 aliphatic rings. The fourth-order valence-corrected chi connectivity index (χ4v) is 3.89. The Labute approximate surface area is 158 Å². The molecule has 0 saturated carbocycles. The molecule has 0 spiro atoms. The molecule has 1 atom stereocenters. The Bertz CT molecular complexity index is 929. The average molecular weight is 364 g/mol. The number of anilines is 1. The van der Waals surface area contributed by atoms with Crippen LogP contribution >= 0.6 is 0 Å². The molecule has 1 aromatic carbocycles. The van der Waals surface area contributed by atoms with E-state index in [4.69, 9.17) is 5.73 Å². The fraction of sp³-hybridized carbons (Fsp3) is 0.350. The van der Waals surface area contributed by atoms with Crippen molar-refractivity contribution in [2.24, 2.45) is 0 Å². The van der Waals surface area contributed by atoms with Crippen molar-refractivity contribution >= 4 is 11.7 Å². The molecule has 0 bridgehead atoms. The molecule has 2 aromatic heterocycles. The van der Waals surface area contributed by atoms with Crippen molar-refractivity contribution in [3.8, 4) is 11.1 Å². The summed E-state index contributed by atoms with van der Waals surface area (Å²) < 4.78 is 2.15. The van der Waals surface area contributed by atoms with Gasteiger partial charge in [0.05, 0.1) is 5.56 Å². The molecular formula is C20H24N6O. The first-order valence-corrected chi connectivity index (χ1v) is 9.38. The number of piperidine rings is 1. The van der Waals surface area contributed by atoms with E-state index in [1.54, 1.807) is 0 Å². The molecule has 1 aliphatic heterocycles. The summed E-state index contributed by atoms with van der Waals surface area (Å²) in [5.74, 6) is 1.59. The molecule has 1 saturated heterocycles. The maximum Gasteiger partial charge on any atom is 0.272 e. The number of hydrogen-bond donors (Lipinski definition) is 2. The van der Waals surface area contributed by atoms with E-state index in [9.17, 15) is 4.79 Å². The number of carbonyl (C=O) groups is 1. The highest BCUT2D eigenvalue weighted by Gasteiger charge is 2.30. The summed E-state index contributed by atoms with van der Waals surface area (Å²) in [6.07, 6.45) is 5.83. The van der Waals surface area contributed by atoms with E-state index in [-0.39, 0.29) is 11.8 Å². The van der Waals surface area contributed by atoms with Crippen LogP contribution in [0.15, 0.2) is 42.7 Å². The Morgan fingerprint density at radius 1 is 1.33 bits per heavy atom. The summed E-state index contributed by atoms with van der Waals surface area (Å²) >= 11 is 0. The maximum absolute atomic E-state index is 13.2. The highest BCUT2D eigenvalue weighted by Crippen LogP contribution is 2.31. The Hall–Kier alpha value is -3.09. The first kappa shape index (κ1) is 17.3. The van der Waals surface area contributed by atoms with Gasteiger partial charge in [0.2, 0.25) is 0 Å². The second-order valence-corrected chi connectivity index (χ2v) is 6.89. The van der Waals surface area contributed by atoms with Crippen LogP contribution in [0.2, 0.25) is 0 Å². The molecule has 3 aromatic rings. The second kappa shape index (κ2) is 7.26. The number of H-pyrrole nitrogens is 1. The normalized spacial score (nSPS) is 17.2. The Balaban J connectivity index is 1.60. The summed E-state index contributed by atoms with van der Waals surface area (Å²) in [5, 5.41) is 6.95. The predicted molar refractivity (Wildman–Crippen MR) is 104 cm³/mol. The zero-order valence-electron chi connectivity index (χ0n) is 15.4. The number of aromatic amines is 1. The molecule has 4 rings (SSSR count). The van der Waals surface area contributed by atoms with Crippen molar-refractivity contribution in [1.82, 2.24) is 24.6 Å². The zero-order valence-corrected chi connectivity index (χ0v) is 15.4. The molecule has 7 nitrogen and oxygen atoms in total. The standard InChI is InChI=1S/C20H24N6O/c1-2-25-12-10-22-19(25)15-9-6-11-26(13-15)20(27)17-16(18(21)24-23-17)14-7-4-3-5-8-14/h3-5,7-8,10,12,15H,2,6,9,11,13H2,1H3,(H3,21,23,24)/t15-/m1/s1. The molecule has 27 heavy (non-hydrogen) atoms. The quantitative estimate of drug-likeness (QED) is 0.744. The molecule has 1 fully saturated rings. The van der Waals surface area contributed by atoms with Crippen LogP contribution in [0.4, 0.5) is 5.82 Å². The molecule has 7 heteroatoms. The van der Waals surface area contributed by atoms with Gasteiger partial charge in [0, 0.05) is 37.9 Å². The fourth-order valence-electron chi connectivity index (χ4n) is 3.89. The minimum atomic E-state index is -0.0580. The number of aryl methyl sites for hydroxylation is 1. The number of benzene rings is 1. The average Bonchev–Trinajstić information content (AvgIpc) is 3.34. The molecular weight excluding hydrogens is 340 g/mol. The van der Waals surface area contributed by atoms with Crippen molar-refractivity contribution in [2.75, 3.05) is 18.8 Å². The minimum absolute atomic E-state index is 0.0580. The van der Waals surface area contributed by atoms with Crippen molar-refractivity contribution in [3.63, 3.8) is 0 Å². The summed E-state index contributed by atoms with van der Waals surface area (Å²) in [4.78, 5) is 19.7. The van der Waals surface area contributed by atoms with Crippen LogP contribution in [0.3, 0.4) is 0 Å². The van der Waals surface area contributed by atoms with Gasteiger partial charge in [0.1, 0.15) is 11.5 Å². The number of nitrogen functional groups attached to an aromatic ring is 1. The van der Waals surface area contributed by atoms with Gasteiger partial charge in [-0.1, -0.05) is 30.3 Å². The first-order valence-electron chi connectivity index (χ1n) is 9.38. The molecule has 3 heterocycles. The van der Waals surface area contributed by atoms with Gasteiger partial charge in [0.25, 0.3) is 5.91 Å². The molecule has 0 aliphatic carbocycles. The lowest BCUT2D eigenvalue weighted by Crippen LogP contribution is -2.40. The van der Waals surface area contributed by atoms with E-state index in [1.807, 2.05) is 47.6 Å². The highest BCUT2D eigenvalue weighted by molar-refractivity contribution is 6.01. The van der Waals surface area contributed by atoms with Crippen LogP contribution in [0.25, 0.3) is 11.1 Å². The number of carbonyl (C=O) groups excluding carboxylic acids is 1. The lowest BCUT2D eigenvalue weighted by Gasteiger charge is -2.32. The van der Waals surface area contributed by atoms with Crippen LogP contribution in [0.5, 0.6) is 0 Å². The number of rotatable bonds is 4. The van der Waals surface area contributed by atoms with Crippen LogP contribution in [0, 0.1) is 0 Å². The number of nitrogens with two attached hydrogens (primary N) is 1. The van der Waals surface area contributed by atoms with Crippen LogP contribution in [-0.2, 0) is 6.54 Å². The third kappa shape index (κ3) is 3.20. The number of nitrogens with zero attached hydrogens (tertiary/aromatic N) is 4. The summed E-state index contributed by atoms with van der Waals surface area (Å²) in [6.45, 7) is 4.38. The lowest BCUT2D eigenvalue weighted by molar-refractivity contribution is 0.0698. The van der Waals surface area contributed by atoms with Crippen molar-refractivity contribution in [2.45, 2.75) is 32.2 Å². The SMILES string of the molecule is CCn1ccnc1[C@@H]1CCCN(C(=O)c2[nH]nc(N)c2-c2ccccc2)C1. The molecule has 0 radical (unpaired) electrons. The van der Waals surface area contributed by atoms with E-state index in [0.29, 0.717) is 23.6 Å². The Morgan fingerprint density at radius 3 is 2.93 bits per heavy atom. The lowest BCUT2D eigenvalue weighted by atomic mass is 9.96. The molecule has 140 valence electrons. The highest BCUT2D eigenvalue weighted by atomic mass is 16.2. The van der Waals surface area contributed by atoms with Gasteiger partial charge in [-0.2, -0.15) is 5.10 Å². The van der Waals surface area contributed by atoms with Crippen molar-refractivity contribution in [3.05, 3.63) is 54.2 Å². The molecule has 3 N–H and O–H groups in total. The van der Waals surface area contributed by atoms with Gasteiger partial charge < -0.3 is 15.2 Å². The van der Waals surface area contributed by atoms with Gasteiger partial charge in [-0.15, -0.1) is 0 Å². The predicted octanol–water partition coefficient (Wildman–Crippen LogP) is 2.90. The van der Waals surface area contributed by atoms with Gasteiger partial charge in [0.15, 0.2) is 5.82 Å². The van der Waals surface area contributed by atoms with E-state index >= 15 is 0 Å². The van der Waals surface area contributed by atoms with Gasteiger partial charge in [-0.25, -0.2) is 4.98 Å². The number of amides is 1. The van der Waals surface area contributed by atoms with Gasteiger partial charge >= 0.3 is 0 Å². The maximum atomic E-state index is 13.2. The zero-order chi connectivity index (χ0) is 18.8. The minimum Gasteiger partial charge on any atom is -0.382 e. The Morgan fingerprint density at radius 2 is 2.15 bits per heavy atom. The van der Waals surface area contributed by atoms with Crippen molar-refractivity contribution < 1.29 is 4.79 Å². The number of aromatic nitrogens is 4. The third-order valence-corrected chi connectivity index (χ3v) is 5.23. The summed E-state index contributed by atoms with van der Waals surface area (Å²) in [7, 11) is 0. The first-order chi connectivity index (χ1) is 13.2. The summed E-state index contributed by atoms with van der Waals surface area (Å²) in [5.41, 5.74) is 8.08. The number of nitrogens with one attached hydrogen (secondary N) is 1. The summed E-state index contributed by atoms with van der Waals surface area (Å²) in [6, 6.07) is 9.67. The number of imidazole rings is 1. The molecule has 1 amide bonds. The van der Waals surface area contributed by atoms with Crippen LogP contribution < -0.4 is 5.73 Å². The van der Waals surface area contributed by atoms with E-state index in [1.165, 1.54) is 0 Å². The van der Waals surface area contributed by atoms with E-state index in [0.717, 1.165) is 37.3 Å². The third-order valence-electron chi connectivity index (χ3n) is 5.23. The molecule has 0 unspecified atom stereocenters. The largest absolute Gasteiger partial charge is 0.382 e. The van der Waals surface area contributed by atoms with E-state index < -0.39 is 0 Å². The van der Waals surface area contributed by atoms with Gasteiger partial charge in [-0.3, -0.25) is 9.89 Å². The number of hydrogen-bond acceptors (Lipinski definition) is 4. The van der Waals surface area contributed by atoms with Crippen LogP contribution in [-0.4, -0.2) is 43.6 Å². The smallest absolute Gasteiger partial charge is 0.272 e. The Kier molecular flexibility index (Phi) is 4.66. The van der Waals surface area contributed by atoms with Crippen LogP contribution in [0.1, 0.15) is 42.0 Å².